The van der Waals surface area contributed by atoms with Crippen molar-refractivity contribution in [2.24, 2.45) is 0 Å². The van der Waals surface area contributed by atoms with Gasteiger partial charge in [-0.25, -0.2) is 4.79 Å². The molecule has 0 aliphatic carbocycles. The predicted molar refractivity (Wildman–Crippen MR) is 108 cm³/mol. The van der Waals surface area contributed by atoms with Crippen molar-refractivity contribution >= 4 is 23.2 Å². The maximum atomic E-state index is 12.4. The summed E-state index contributed by atoms with van der Waals surface area (Å²) in [7, 11) is 1.62. The van der Waals surface area contributed by atoms with E-state index in [0.717, 1.165) is 27.3 Å². The molecule has 0 saturated heterocycles. The molecule has 5 nitrogen and oxygen atoms in total. The molecule has 0 saturated carbocycles. The maximum absolute atomic E-state index is 12.4. The van der Waals surface area contributed by atoms with E-state index in [9.17, 15) is 9.59 Å². The van der Waals surface area contributed by atoms with Gasteiger partial charge in [0.25, 0.3) is 5.91 Å². The van der Waals surface area contributed by atoms with Gasteiger partial charge in [0, 0.05) is 18.0 Å². The molecule has 1 amide bonds. The average molecular weight is 388 g/mol. The summed E-state index contributed by atoms with van der Waals surface area (Å²) in [5.74, 6) is 0.0695. The van der Waals surface area contributed by atoms with Crippen LogP contribution in [0.1, 0.15) is 28.4 Å². The lowest BCUT2D eigenvalue weighted by Gasteiger charge is -2.20. The highest BCUT2D eigenvalue weighted by Gasteiger charge is 2.18. The summed E-state index contributed by atoms with van der Waals surface area (Å²) in [6.45, 7) is 10.2. The third-order valence-corrected chi connectivity index (χ3v) is 5.07. The molecule has 0 radical (unpaired) electrons. The van der Waals surface area contributed by atoms with Gasteiger partial charge in [-0.15, -0.1) is 11.3 Å². The van der Waals surface area contributed by atoms with Gasteiger partial charge in [-0.1, -0.05) is 24.3 Å². The van der Waals surface area contributed by atoms with Crippen LogP contribution in [0.4, 0.5) is 0 Å². The molecular formula is C21H25NO4S. The van der Waals surface area contributed by atoms with E-state index in [4.69, 9.17) is 9.47 Å². The minimum absolute atomic E-state index is 0.225. The van der Waals surface area contributed by atoms with Gasteiger partial charge < -0.3 is 14.4 Å². The molecule has 1 heterocycles. The van der Waals surface area contributed by atoms with Crippen molar-refractivity contribution < 1.29 is 19.1 Å². The first kappa shape index (κ1) is 20.7. The molecule has 0 bridgehead atoms. The Labute approximate surface area is 164 Å². The van der Waals surface area contributed by atoms with E-state index in [1.165, 1.54) is 11.3 Å². The van der Waals surface area contributed by atoms with Crippen LogP contribution < -0.4 is 4.74 Å². The van der Waals surface area contributed by atoms with Crippen LogP contribution in [0.15, 0.2) is 42.5 Å². The quantitative estimate of drug-likeness (QED) is 0.500. The van der Waals surface area contributed by atoms with Crippen LogP contribution in [0.3, 0.4) is 0 Å². The second kappa shape index (κ2) is 9.37. The molecule has 2 rings (SSSR count). The first-order chi connectivity index (χ1) is 12.8. The van der Waals surface area contributed by atoms with E-state index in [-0.39, 0.29) is 12.5 Å². The van der Waals surface area contributed by atoms with E-state index < -0.39 is 5.97 Å². The van der Waals surface area contributed by atoms with Gasteiger partial charge in [0.15, 0.2) is 6.61 Å². The molecule has 0 unspecified atom stereocenters. The molecular weight excluding hydrogens is 362 g/mol. The summed E-state index contributed by atoms with van der Waals surface area (Å²) in [5.41, 5.74) is 2.85. The number of nitrogens with zero attached hydrogens (tertiary/aromatic N) is 1. The van der Waals surface area contributed by atoms with Gasteiger partial charge in [-0.3, -0.25) is 4.79 Å². The summed E-state index contributed by atoms with van der Waals surface area (Å²) in [6, 6.07) is 9.46. The van der Waals surface area contributed by atoms with Gasteiger partial charge >= 0.3 is 5.97 Å². The largest absolute Gasteiger partial charge is 0.497 e. The van der Waals surface area contributed by atoms with Crippen molar-refractivity contribution in [3.63, 3.8) is 0 Å². The number of methoxy groups -OCH3 is 1. The van der Waals surface area contributed by atoms with Crippen LogP contribution in [-0.4, -0.2) is 43.6 Å². The van der Waals surface area contributed by atoms with E-state index in [1.807, 2.05) is 45.0 Å². The van der Waals surface area contributed by atoms with Crippen molar-refractivity contribution in [1.82, 2.24) is 4.90 Å². The molecule has 1 aromatic carbocycles. The van der Waals surface area contributed by atoms with Gasteiger partial charge in [0.1, 0.15) is 10.6 Å². The topological polar surface area (TPSA) is 55.8 Å². The fraction of sp³-hybridized carbons (Fsp3) is 0.333. The SMILES string of the molecule is C=C(C)CN(CC)C(=O)COC(=O)c1cc(-c2ccc(OC)cc2)c(C)s1. The molecule has 0 fully saturated rings. The summed E-state index contributed by atoms with van der Waals surface area (Å²) in [5, 5.41) is 0. The van der Waals surface area contributed by atoms with Crippen molar-refractivity contribution in [3.8, 4) is 16.9 Å². The minimum Gasteiger partial charge on any atom is -0.497 e. The Morgan fingerprint density at radius 1 is 1.22 bits per heavy atom. The molecule has 0 N–H and O–H groups in total. The van der Waals surface area contributed by atoms with E-state index >= 15 is 0 Å². The number of ether oxygens (including phenoxy) is 2. The van der Waals surface area contributed by atoms with Gasteiger partial charge in [-0.05, 0) is 50.1 Å². The van der Waals surface area contributed by atoms with E-state index in [0.29, 0.717) is 18.0 Å². The lowest BCUT2D eigenvalue weighted by molar-refractivity contribution is -0.133. The zero-order valence-electron chi connectivity index (χ0n) is 16.2. The maximum Gasteiger partial charge on any atom is 0.348 e. The molecule has 0 aliphatic rings. The highest BCUT2D eigenvalue weighted by atomic mass is 32.1. The lowest BCUT2D eigenvalue weighted by atomic mass is 10.1. The fourth-order valence-electron chi connectivity index (χ4n) is 2.63. The van der Waals surface area contributed by atoms with Gasteiger partial charge in [0.2, 0.25) is 0 Å². The Morgan fingerprint density at radius 2 is 1.89 bits per heavy atom. The highest BCUT2D eigenvalue weighted by molar-refractivity contribution is 7.14. The molecule has 27 heavy (non-hydrogen) atoms. The first-order valence-corrected chi connectivity index (χ1v) is 9.51. The summed E-state index contributed by atoms with van der Waals surface area (Å²) in [6.07, 6.45) is 0. The number of likely N-dealkylation sites (N-methyl/N-ethyl adjacent to an activating group) is 1. The zero-order chi connectivity index (χ0) is 20.0. The first-order valence-electron chi connectivity index (χ1n) is 8.69. The third kappa shape index (κ3) is 5.44. The van der Waals surface area contributed by atoms with Gasteiger partial charge in [0.05, 0.1) is 7.11 Å². The number of carbonyl (C=O) groups is 2. The lowest BCUT2D eigenvalue weighted by Crippen LogP contribution is -2.35. The fourth-order valence-corrected chi connectivity index (χ4v) is 3.57. The van der Waals surface area contributed by atoms with Crippen LogP contribution in [0.5, 0.6) is 5.75 Å². The standard InChI is InChI=1S/C21H25NO4S/c1-6-22(12-14(2)3)20(23)13-26-21(24)19-11-18(15(4)27-19)16-7-9-17(25-5)10-8-16/h7-11H,2,6,12-13H2,1,3-5H3. The van der Waals surface area contributed by atoms with Crippen molar-refractivity contribution in [1.29, 1.82) is 0 Å². The number of benzene rings is 1. The highest BCUT2D eigenvalue weighted by Crippen LogP contribution is 2.32. The number of hydrogen-bond donors (Lipinski definition) is 0. The summed E-state index contributed by atoms with van der Waals surface area (Å²) < 4.78 is 10.4. The van der Waals surface area contributed by atoms with Crippen LogP contribution in [0.25, 0.3) is 11.1 Å². The molecule has 144 valence electrons. The van der Waals surface area contributed by atoms with Crippen molar-refractivity contribution in [2.75, 3.05) is 26.8 Å². The second-order valence-electron chi connectivity index (χ2n) is 6.25. The summed E-state index contributed by atoms with van der Waals surface area (Å²) >= 11 is 1.36. The number of hydrogen-bond acceptors (Lipinski definition) is 5. The Kier molecular flexibility index (Phi) is 7.19. The minimum atomic E-state index is -0.484. The van der Waals surface area contributed by atoms with E-state index in [1.54, 1.807) is 18.1 Å². The van der Waals surface area contributed by atoms with E-state index in [2.05, 4.69) is 6.58 Å². The number of carbonyl (C=O) groups excluding carboxylic acids is 2. The van der Waals surface area contributed by atoms with Crippen molar-refractivity contribution in [2.45, 2.75) is 20.8 Å². The molecule has 2 aromatic rings. The predicted octanol–water partition coefficient (Wildman–Crippen LogP) is 4.31. The normalized spacial score (nSPS) is 10.4. The monoisotopic (exact) mass is 387 g/mol. The molecule has 0 atom stereocenters. The Hall–Kier alpha value is -2.60. The number of rotatable bonds is 8. The Bertz CT molecular complexity index is 823. The van der Waals surface area contributed by atoms with Crippen LogP contribution in [-0.2, 0) is 9.53 Å². The van der Waals surface area contributed by atoms with Crippen LogP contribution in [0.2, 0.25) is 0 Å². The number of esters is 1. The smallest absolute Gasteiger partial charge is 0.348 e. The third-order valence-electron chi connectivity index (χ3n) is 4.04. The number of thiophene rings is 1. The number of amides is 1. The Balaban J connectivity index is 2.04. The van der Waals surface area contributed by atoms with Gasteiger partial charge in [-0.2, -0.15) is 0 Å². The zero-order valence-corrected chi connectivity index (χ0v) is 17.0. The number of aryl methyl sites for hydroxylation is 1. The van der Waals surface area contributed by atoms with Crippen LogP contribution in [0, 0.1) is 6.92 Å². The molecule has 6 heteroatoms. The second-order valence-corrected chi connectivity index (χ2v) is 7.51. The average Bonchev–Trinajstić information content (AvgIpc) is 3.05. The molecule has 0 aliphatic heterocycles. The van der Waals surface area contributed by atoms with Crippen molar-refractivity contribution in [3.05, 3.63) is 52.2 Å². The Morgan fingerprint density at radius 3 is 2.44 bits per heavy atom. The molecule has 0 spiro atoms. The van der Waals surface area contributed by atoms with Crippen LogP contribution >= 0.6 is 11.3 Å². The molecule has 1 aromatic heterocycles. The summed E-state index contributed by atoms with van der Waals surface area (Å²) in [4.78, 5) is 27.7.